The maximum absolute atomic E-state index is 6.33. The number of rotatable bonds is 4. The Kier molecular flexibility index (Phi) is 5.63. The molecule has 0 amide bonds. The first kappa shape index (κ1) is 24.7. The lowest BCUT2D eigenvalue weighted by Crippen LogP contribution is -2.41. The molecule has 7 rings (SSSR count). The highest BCUT2D eigenvalue weighted by Crippen LogP contribution is 2.37. The van der Waals surface area contributed by atoms with Gasteiger partial charge in [-0.25, -0.2) is 15.0 Å². The van der Waals surface area contributed by atoms with Gasteiger partial charge in [0.2, 0.25) is 0 Å². The molecule has 0 aliphatic carbocycles. The molecular formula is C33H28BN3O3. The molecule has 7 heteroatoms. The van der Waals surface area contributed by atoms with Gasteiger partial charge in [-0.05, 0) is 57.0 Å². The molecule has 0 radical (unpaired) electrons. The van der Waals surface area contributed by atoms with Crippen molar-refractivity contribution in [3.05, 3.63) is 97.1 Å². The van der Waals surface area contributed by atoms with Crippen molar-refractivity contribution in [1.82, 2.24) is 15.0 Å². The van der Waals surface area contributed by atoms with Gasteiger partial charge in [-0.3, -0.25) is 0 Å². The first-order valence-corrected chi connectivity index (χ1v) is 13.5. The van der Waals surface area contributed by atoms with Gasteiger partial charge in [0.25, 0.3) is 0 Å². The van der Waals surface area contributed by atoms with Crippen LogP contribution in [0.2, 0.25) is 0 Å². The van der Waals surface area contributed by atoms with Gasteiger partial charge in [0.1, 0.15) is 11.2 Å². The highest BCUT2D eigenvalue weighted by atomic mass is 16.7. The van der Waals surface area contributed by atoms with Crippen LogP contribution in [0, 0.1) is 0 Å². The van der Waals surface area contributed by atoms with E-state index in [0.717, 1.165) is 44.2 Å². The summed E-state index contributed by atoms with van der Waals surface area (Å²) in [6, 6.07) is 32.7. The standard InChI is InChI=1S/C33H28BN3O3/c1-32(2)33(3,4)40-34(39-32)31-36-29(23-16-14-22(15-17-23)21-10-6-5-7-11-21)35-30(37-31)24-18-19-26-25-12-8-9-13-27(25)38-28(26)20-24/h5-20H,1-4H3. The average Bonchev–Trinajstić information content (AvgIpc) is 3.45. The lowest BCUT2D eigenvalue weighted by molar-refractivity contribution is 0.00578. The van der Waals surface area contributed by atoms with Gasteiger partial charge in [0, 0.05) is 21.9 Å². The van der Waals surface area contributed by atoms with E-state index in [-0.39, 0.29) is 0 Å². The van der Waals surface area contributed by atoms with Gasteiger partial charge >= 0.3 is 7.12 Å². The molecule has 6 aromatic rings. The summed E-state index contributed by atoms with van der Waals surface area (Å²) >= 11 is 0. The molecule has 6 nitrogen and oxygen atoms in total. The Bertz CT molecular complexity index is 1850. The molecule has 2 aromatic heterocycles. The number of para-hydroxylation sites is 1. The fourth-order valence-electron chi connectivity index (χ4n) is 5.01. The van der Waals surface area contributed by atoms with E-state index in [9.17, 15) is 0 Å². The van der Waals surface area contributed by atoms with Crippen LogP contribution < -0.4 is 5.72 Å². The summed E-state index contributed by atoms with van der Waals surface area (Å²) in [6.45, 7) is 8.09. The van der Waals surface area contributed by atoms with Crippen molar-refractivity contribution >= 4 is 34.8 Å². The van der Waals surface area contributed by atoms with Crippen molar-refractivity contribution in [2.24, 2.45) is 0 Å². The van der Waals surface area contributed by atoms with Crippen molar-refractivity contribution in [3.8, 4) is 33.9 Å². The van der Waals surface area contributed by atoms with Crippen LogP contribution in [-0.4, -0.2) is 33.3 Å². The topological polar surface area (TPSA) is 70.3 Å². The van der Waals surface area contributed by atoms with E-state index >= 15 is 0 Å². The van der Waals surface area contributed by atoms with Crippen LogP contribution in [0.4, 0.5) is 0 Å². The third kappa shape index (κ3) is 4.19. The number of furan rings is 1. The van der Waals surface area contributed by atoms with Crippen LogP contribution >= 0.6 is 0 Å². The normalized spacial score (nSPS) is 16.1. The Balaban J connectivity index is 1.34. The Morgan fingerprint density at radius 2 is 1.07 bits per heavy atom. The summed E-state index contributed by atoms with van der Waals surface area (Å²) in [5, 5.41) is 2.13. The highest BCUT2D eigenvalue weighted by molar-refractivity contribution is 6.60. The third-order valence-corrected chi connectivity index (χ3v) is 8.00. The van der Waals surface area contributed by atoms with E-state index in [4.69, 9.17) is 28.7 Å². The Hall–Kier alpha value is -4.33. The SMILES string of the molecule is CC1(C)OB(c2nc(-c3ccc(-c4ccccc4)cc3)nc(-c3ccc4c(c3)oc3ccccc34)n2)OC1(C)C. The Morgan fingerprint density at radius 3 is 1.80 bits per heavy atom. The zero-order valence-electron chi connectivity index (χ0n) is 22.9. The van der Waals surface area contributed by atoms with Crippen LogP contribution in [0.3, 0.4) is 0 Å². The van der Waals surface area contributed by atoms with Gasteiger partial charge in [-0.15, -0.1) is 0 Å². The van der Waals surface area contributed by atoms with Crippen molar-refractivity contribution in [1.29, 1.82) is 0 Å². The highest BCUT2D eigenvalue weighted by Gasteiger charge is 2.53. The molecule has 0 atom stereocenters. The lowest BCUT2D eigenvalue weighted by Gasteiger charge is -2.32. The zero-order chi connectivity index (χ0) is 27.5. The van der Waals surface area contributed by atoms with Gasteiger partial charge in [-0.2, -0.15) is 0 Å². The maximum atomic E-state index is 6.33. The fourth-order valence-corrected chi connectivity index (χ4v) is 5.01. The monoisotopic (exact) mass is 525 g/mol. The second kappa shape index (κ2) is 9.12. The summed E-state index contributed by atoms with van der Waals surface area (Å²) in [5.74, 6) is 1.09. The summed E-state index contributed by atoms with van der Waals surface area (Å²) in [7, 11) is -0.718. The first-order valence-electron chi connectivity index (χ1n) is 13.5. The van der Waals surface area contributed by atoms with E-state index in [0.29, 0.717) is 17.4 Å². The van der Waals surface area contributed by atoms with Gasteiger partial charge in [-0.1, -0.05) is 78.9 Å². The molecule has 0 saturated carbocycles. The van der Waals surface area contributed by atoms with Crippen molar-refractivity contribution in [2.45, 2.75) is 38.9 Å². The second-order valence-corrected chi connectivity index (χ2v) is 11.2. The molecule has 0 spiro atoms. The van der Waals surface area contributed by atoms with E-state index in [1.165, 1.54) is 0 Å². The third-order valence-electron chi connectivity index (χ3n) is 8.00. The minimum absolute atomic E-state index is 0.440. The minimum Gasteiger partial charge on any atom is -0.456 e. The largest absolute Gasteiger partial charge is 0.534 e. The molecule has 4 aromatic carbocycles. The van der Waals surface area contributed by atoms with Gasteiger partial charge < -0.3 is 13.7 Å². The van der Waals surface area contributed by atoms with Crippen LogP contribution in [-0.2, 0) is 9.31 Å². The van der Waals surface area contributed by atoms with Crippen molar-refractivity contribution in [3.63, 3.8) is 0 Å². The molecule has 0 bridgehead atoms. The lowest BCUT2D eigenvalue weighted by atomic mass is 9.89. The quantitative estimate of drug-likeness (QED) is 0.229. The van der Waals surface area contributed by atoms with E-state index in [2.05, 4.69) is 36.4 Å². The van der Waals surface area contributed by atoms with Crippen molar-refractivity contribution in [2.75, 3.05) is 0 Å². The minimum atomic E-state index is -0.718. The van der Waals surface area contributed by atoms with E-state index < -0.39 is 18.3 Å². The molecule has 1 fully saturated rings. The van der Waals surface area contributed by atoms with Crippen LogP contribution in [0.5, 0.6) is 0 Å². The van der Waals surface area contributed by atoms with Gasteiger partial charge in [0.05, 0.1) is 11.2 Å². The number of aromatic nitrogens is 3. The summed E-state index contributed by atoms with van der Waals surface area (Å²) in [6.07, 6.45) is 0. The number of hydrogen-bond acceptors (Lipinski definition) is 6. The summed E-state index contributed by atoms with van der Waals surface area (Å²) in [4.78, 5) is 14.6. The zero-order valence-corrected chi connectivity index (χ0v) is 22.9. The number of fused-ring (bicyclic) bond motifs is 3. The summed E-state index contributed by atoms with van der Waals surface area (Å²) in [5.41, 5.74) is 5.02. The molecule has 1 saturated heterocycles. The van der Waals surface area contributed by atoms with E-state index in [1.54, 1.807) is 0 Å². The Morgan fingerprint density at radius 1 is 0.525 bits per heavy atom. The molecule has 0 N–H and O–H groups in total. The van der Waals surface area contributed by atoms with Crippen molar-refractivity contribution < 1.29 is 13.7 Å². The van der Waals surface area contributed by atoms with Crippen LogP contribution in [0.15, 0.2) is 101 Å². The maximum Gasteiger partial charge on any atom is 0.534 e. The predicted molar refractivity (Wildman–Crippen MR) is 159 cm³/mol. The fraction of sp³-hybridized carbons (Fsp3) is 0.182. The smallest absolute Gasteiger partial charge is 0.456 e. The first-order chi connectivity index (χ1) is 19.3. The molecule has 3 heterocycles. The number of hydrogen-bond donors (Lipinski definition) is 0. The summed E-state index contributed by atoms with van der Waals surface area (Å²) < 4.78 is 18.8. The average molecular weight is 525 g/mol. The molecule has 196 valence electrons. The molecular weight excluding hydrogens is 497 g/mol. The predicted octanol–water partition coefficient (Wildman–Crippen LogP) is 7.07. The van der Waals surface area contributed by atoms with Crippen LogP contribution in [0.1, 0.15) is 27.7 Å². The van der Waals surface area contributed by atoms with Gasteiger partial charge in [0.15, 0.2) is 17.4 Å². The molecule has 0 unspecified atom stereocenters. The molecule has 1 aliphatic heterocycles. The molecule has 40 heavy (non-hydrogen) atoms. The van der Waals surface area contributed by atoms with E-state index in [1.807, 2.05) is 88.4 Å². The second-order valence-electron chi connectivity index (χ2n) is 11.2. The Labute approximate surface area is 233 Å². The molecule has 1 aliphatic rings. The number of nitrogens with zero attached hydrogens (tertiary/aromatic N) is 3. The van der Waals surface area contributed by atoms with Crippen LogP contribution in [0.25, 0.3) is 55.8 Å². The number of benzene rings is 4.